The molecule has 19 heavy (non-hydrogen) atoms. The lowest BCUT2D eigenvalue weighted by molar-refractivity contribution is 0.428. The Bertz CT molecular complexity index is 431. The van der Waals surface area contributed by atoms with E-state index in [0.29, 0.717) is 0 Å². The summed E-state index contributed by atoms with van der Waals surface area (Å²) in [7, 11) is 0. The number of hydrogen-bond acceptors (Lipinski definition) is 3. The quantitative estimate of drug-likeness (QED) is 0.683. The molecule has 1 aromatic rings. The highest BCUT2D eigenvalue weighted by Gasteiger charge is 2.10. The minimum Gasteiger partial charge on any atom is -0.370 e. The van der Waals surface area contributed by atoms with Gasteiger partial charge < -0.3 is 10.6 Å². The Hall–Kier alpha value is -1.10. The average Bonchev–Trinajstić information content (AvgIpc) is 2.60. The summed E-state index contributed by atoms with van der Waals surface area (Å²) in [6.07, 6.45) is 6.07. The van der Waals surface area contributed by atoms with Crippen LogP contribution >= 0.6 is 11.3 Å². The van der Waals surface area contributed by atoms with Crippen molar-refractivity contribution in [1.29, 1.82) is 0 Å². The second-order valence-electron chi connectivity index (χ2n) is 5.13. The molecule has 0 aliphatic carbocycles. The van der Waals surface area contributed by atoms with Gasteiger partial charge in [-0.15, -0.1) is 11.3 Å². The number of rotatable bonds is 3. The van der Waals surface area contributed by atoms with E-state index in [1.54, 1.807) is 11.3 Å². The molecule has 0 atom stereocenters. The van der Waals surface area contributed by atoms with Gasteiger partial charge in [-0.25, -0.2) is 4.98 Å². The number of hydrogen-bond donors (Lipinski definition) is 1. The molecule has 5 heteroatoms. The zero-order valence-electron chi connectivity index (χ0n) is 12.0. The topological polar surface area (TPSA) is 54.5 Å². The summed E-state index contributed by atoms with van der Waals surface area (Å²) < 4.78 is 0. The van der Waals surface area contributed by atoms with Gasteiger partial charge >= 0.3 is 0 Å². The van der Waals surface area contributed by atoms with Crippen molar-refractivity contribution in [3.63, 3.8) is 0 Å². The third-order valence-corrected chi connectivity index (χ3v) is 4.67. The van der Waals surface area contributed by atoms with E-state index in [0.717, 1.165) is 42.7 Å². The van der Waals surface area contributed by atoms with Crippen LogP contribution in [0.3, 0.4) is 0 Å². The van der Waals surface area contributed by atoms with Crippen molar-refractivity contribution in [2.24, 2.45) is 10.7 Å². The van der Waals surface area contributed by atoms with E-state index in [9.17, 15) is 0 Å². The smallest absolute Gasteiger partial charge is 0.191 e. The Balaban J connectivity index is 1.85. The van der Waals surface area contributed by atoms with Crippen LogP contribution in [0.2, 0.25) is 0 Å². The number of nitrogens with zero attached hydrogens (tertiary/aromatic N) is 3. The van der Waals surface area contributed by atoms with E-state index in [1.807, 2.05) is 0 Å². The fourth-order valence-corrected chi connectivity index (χ4v) is 3.40. The Morgan fingerprint density at radius 3 is 2.53 bits per heavy atom. The first-order valence-electron chi connectivity index (χ1n) is 7.14. The molecule has 1 aliphatic heterocycles. The summed E-state index contributed by atoms with van der Waals surface area (Å²) in [4.78, 5) is 12.5. The van der Waals surface area contributed by atoms with E-state index < -0.39 is 0 Å². The van der Waals surface area contributed by atoms with Crippen molar-refractivity contribution in [2.45, 2.75) is 46.0 Å². The van der Waals surface area contributed by atoms with Crippen LogP contribution in [0.25, 0.3) is 0 Å². The van der Waals surface area contributed by atoms with Crippen molar-refractivity contribution in [3.05, 3.63) is 15.6 Å². The van der Waals surface area contributed by atoms with Gasteiger partial charge in [0.25, 0.3) is 0 Å². The molecule has 1 aliphatic rings. The van der Waals surface area contributed by atoms with Crippen LogP contribution in [0.15, 0.2) is 4.99 Å². The fraction of sp³-hybridized carbons (Fsp3) is 0.714. The Labute approximate surface area is 119 Å². The standard InChI is InChI=1S/C14H24N4S/c1-11-13(19-12(2)17-11)7-8-16-14(15)18-9-5-3-4-6-10-18/h3-10H2,1-2H3,(H2,15,16). The molecule has 0 saturated carbocycles. The first-order chi connectivity index (χ1) is 9.16. The second kappa shape index (κ2) is 6.89. The highest BCUT2D eigenvalue weighted by Crippen LogP contribution is 2.17. The minimum absolute atomic E-state index is 0.723. The molecule has 2 rings (SSSR count). The lowest BCUT2D eigenvalue weighted by Crippen LogP contribution is -2.38. The van der Waals surface area contributed by atoms with Gasteiger partial charge in [0.1, 0.15) is 0 Å². The summed E-state index contributed by atoms with van der Waals surface area (Å²) in [6, 6.07) is 0. The van der Waals surface area contributed by atoms with E-state index in [4.69, 9.17) is 5.73 Å². The van der Waals surface area contributed by atoms with Crippen molar-refractivity contribution in [1.82, 2.24) is 9.88 Å². The minimum atomic E-state index is 0.723. The molecule has 1 aromatic heterocycles. The molecule has 4 nitrogen and oxygen atoms in total. The van der Waals surface area contributed by atoms with Crippen LogP contribution in [0, 0.1) is 13.8 Å². The molecule has 0 aromatic carbocycles. The Kier molecular flexibility index (Phi) is 5.19. The first-order valence-corrected chi connectivity index (χ1v) is 7.96. The average molecular weight is 280 g/mol. The van der Waals surface area contributed by atoms with Gasteiger partial charge in [0, 0.05) is 30.9 Å². The number of likely N-dealkylation sites (tertiary alicyclic amines) is 1. The largest absolute Gasteiger partial charge is 0.370 e. The third kappa shape index (κ3) is 4.20. The predicted octanol–water partition coefficient (Wildman–Crippen LogP) is 2.49. The molecule has 0 radical (unpaired) electrons. The summed E-state index contributed by atoms with van der Waals surface area (Å²) in [6.45, 7) is 7.02. The lowest BCUT2D eigenvalue weighted by atomic mass is 10.2. The van der Waals surface area contributed by atoms with Crippen LogP contribution in [-0.4, -0.2) is 35.5 Å². The zero-order chi connectivity index (χ0) is 13.7. The SMILES string of the molecule is Cc1nc(C)c(CCN=C(N)N2CCCCCC2)s1. The monoisotopic (exact) mass is 280 g/mol. The lowest BCUT2D eigenvalue weighted by Gasteiger charge is -2.21. The first kappa shape index (κ1) is 14.3. The molecule has 2 heterocycles. The zero-order valence-corrected chi connectivity index (χ0v) is 12.8. The molecular formula is C14H24N4S. The van der Waals surface area contributed by atoms with E-state index in [2.05, 4.69) is 28.7 Å². The molecule has 1 fully saturated rings. The highest BCUT2D eigenvalue weighted by atomic mass is 32.1. The molecule has 2 N–H and O–H groups in total. The van der Waals surface area contributed by atoms with Crippen molar-refractivity contribution >= 4 is 17.3 Å². The Morgan fingerprint density at radius 1 is 1.26 bits per heavy atom. The molecule has 0 unspecified atom stereocenters. The normalized spacial score (nSPS) is 17.6. The second-order valence-corrected chi connectivity index (χ2v) is 6.42. The summed E-state index contributed by atoms with van der Waals surface area (Å²) in [5.74, 6) is 0.723. The number of nitrogens with two attached hydrogens (primary N) is 1. The highest BCUT2D eigenvalue weighted by molar-refractivity contribution is 7.11. The third-order valence-electron chi connectivity index (χ3n) is 3.54. The summed E-state index contributed by atoms with van der Waals surface area (Å²) >= 11 is 1.77. The predicted molar refractivity (Wildman–Crippen MR) is 81.8 cm³/mol. The number of thiazole rings is 1. The Morgan fingerprint density at radius 2 is 1.95 bits per heavy atom. The van der Waals surface area contributed by atoms with Gasteiger partial charge in [-0.2, -0.15) is 0 Å². The maximum Gasteiger partial charge on any atom is 0.191 e. The van der Waals surface area contributed by atoms with Crippen LogP contribution in [0.5, 0.6) is 0 Å². The van der Waals surface area contributed by atoms with Crippen molar-refractivity contribution in [3.8, 4) is 0 Å². The molecular weight excluding hydrogens is 256 g/mol. The molecule has 0 spiro atoms. The van der Waals surface area contributed by atoms with Crippen LogP contribution in [0.1, 0.15) is 41.3 Å². The van der Waals surface area contributed by atoms with Crippen LogP contribution in [0.4, 0.5) is 0 Å². The maximum atomic E-state index is 6.09. The van der Waals surface area contributed by atoms with Crippen LogP contribution in [-0.2, 0) is 6.42 Å². The van der Waals surface area contributed by atoms with Gasteiger partial charge in [0.15, 0.2) is 5.96 Å². The van der Waals surface area contributed by atoms with Gasteiger partial charge in [-0.1, -0.05) is 12.8 Å². The van der Waals surface area contributed by atoms with Gasteiger partial charge in [0.2, 0.25) is 0 Å². The molecule has 106 valence electrons. The molecule has 1 saturated heterocycles. The van der Waals surface area contributed by atoms with E-state index in [-0.39, 0.29) is 0 Å². The van der Waals surface area contributed by atoms with Crippen molar-refractivity contribution in [2.75, 3.05) is 19.6 Å². The number of aromatic nitrogens is 1. The number of aryl methyl sites for hydroxylation is 2. The number of guanidine groups is 1. The van der Waals surface area contributed by atoms with Gasteiger partial charge in [-0.05, 0) is 26.7 Å². The maximum absolute atomic E-state index is 6.09. The van der Waals surface area contributed by atoms with E-state index >= 15 is 0 Å². The molecule has 0 amide bonds. The van der Waals surface area contributed by atoms with Gasteiger partial charge in [0.05, 0.1) is 10.7 Å². The van der Waals surface area contributed by atoms with Crippen molar-refractivity contribution < 1.29 is 0 Å². The fourth-order valence-electron chi connectivity index (χ4n) is 2.48. The molecule has 0 bridgehead atoms. The van der Waals surface area contributed by atoms with E-state index in [1.165, 1.54) is 30.6 Å². The summed E-state index contributed by atoms with van der Waals surface area (Å²) in [5, 5.41) is 1.14. The summed E-state index contributed by atoms with van der Waals surface area (Å²) in [5.41, 5.74) is 7.23. The van der Waals surface area contributed by atoms with Crippen LogP contribution < -0.4 is 5.73 Å². The van der Waals surface area contributed by atoms with Gasteiger partial charge in [-0.3, -0.25) is 4.99 Å². The number of aliphatic imine (C=N–C) groups is 1.